The largest absolute Gasteiger partial charge is 0.422 e. The van der Waals surface area contributed by atoms with Gasteiger partial charge in [0.15, 0.2) is 0 Å². The molecule has 0 bridgehead atoms. The molecular formula is C24H21ClN2O3. The van der Waals surface area contributed by atoms with E-state index in [0.717, 1.165) is 11.1 Å². The Bertz CT molecular complexity index is 1010. The Kier molecular flexibility index (Phi) is 6.99. The Morgan fingerprint density at radius 3 is 2.37 bits per heavy atom. The van der Waals surface area contributed by atoms with Gasteiger partial charge in [0.2, 0.25) is 5.91 Å². The van der Waals surface area contributed by atoms with Crippen LogP contribution in [0.1, 0.15) is 11.1 Å². The molecule has 0 unspecified atom stereocenters. The van der Waals surface area contributed by atoms with Crippen LogP contribution in [0.25, 0.3) is 6.08 Å². The van der Waals surface area contributed by atoms with Crippen LogP contribution >= 0.6 is 12.4 Å². The van der Waals surface area contributed by atoms with Gasteiger partial charge < -0.3 is 4.74 Å². The fraction of sp³-hybridized carbons (Fsp3) is 0.125. The third-order valence-electron chi connectivity index (χ3n) is 4.88. The first-order chi connectivity index (χ1) is 14.2. The first kappa shape index (κ1) is 21.3. The number of likely N-dealkylation sites (tertiary alicyclic amines) is 1. The number of aromatic nitrogens is 1. The number of benzene rings is 2. The van der Waals surface area contributed by atoms with Crippen LogP contribution < -0.4 is 4.74 Å². The molecule has 2 heterocycles. The highest BCUT2D eigenvalue weighted by Crippen LogP contribution is 2.32. The maximum atomic E-state index is 12.8. The maximum Gasteiger partial charge on any atom is 0.422 e. The Labute approximate surface area is 181 Å². The molecular weight excluding hydrogens is 400 g/mol. The second-order valence-electron chi connectivity index (χ2n) is 6.82. The number of carbonyl (C=O) groups is 2. The third-order valence-corrected chi connectivity index (χ3v) is 4.88. The average molecular weight is 421 g/mol. The van der Waals surface area contributed by atoms with E-state index in [-0.39, 0.29) is 30.3 Å². The molecule has 0 N–H and O–H groups in total. The summed E-state index contributed by atoms with van der Waals surface area (Å²) in [6, 6.07) is 21.9. The highest BCUT2D eigenvalue weighted by Gasteiger charge is 2.50. The zero-order chi connectivity index (χ0) is 20.1. The standard InChI is InChI=1S/C24H20N2O3.ClH/c27-23-21(16-18-8-3-1-4-9-18)22(14-13-19-10-7-15-25-17-19)26(23)24(28)29-20-11-5-2-6-12-20;/h1-15,17,21-22H,16H2;1H/t21-,22+;/m0./s1. The van der Waals surface area contributed by atoms with Crippen molar-refractivity contribution in [3.8, 4) is 5.75 Å². The van der Waals surface area contributed by atoms with Gasteiger partial charge in [0, 0.05) is 12.4 Å². The Morgan fingerprint density at radius 1 is 1.00 bits per heavy atom. The number of pyridine rings is 1. The number of carbonyl (C=O) groups excluding carboxylic acids is 2. The van der Waals surface area contributed by atoms with Crippen LogP contribution in [0.5, 0.6) is 5.75 Å². The number of nitrogens with zero attached hydrogens (tertiary/aromatic N) is 2. The lowest BCUT2D eigenvalue weighted by Crippen LogP contribution is -2.63. The monoisotopic (exact) mass is 420 g/mol. The molecule has 0 radical (unpaired) electrons. The van der Waals surface area contributed by atoms with E-state index in [0.29, 0.717) is 12.2 Å². The van der Waals surface area contributed by atoms with Gasteiger partial charge in [0.05, 0.1) is 12.0 Å². The van der Waals surface area contributed by atoms with Gasteiger partial charge in [0.1, 0.15) is 5.75 Å². The normalized spacial score (nSPS) is 17.9. The predicted molar refractivity (Wildman–Crippen MR) is 117 cm³/mol. The summed E-state index contributed by atoms with van der Waals surface area (Å²) in [5, 5.41) is 0. The van der Waals surface area contributed by atoms with Crippen molar-refractivity contribution in [1.82, 2.24) is 9.88 Å². The molecule has 0 saturated carbocycles. The van der Waals surface area contributed by atoms with E-state index in [4.69, 9.17) is 4.74 Å². The summed E-state index contributed by atoms with van der Waals surface area (Å²) in [6.07, 6.45) is 7.09. The van der Waals surface area contributed by atoms with Gasteiger partial charge in [-0.3, -0.25) is 9.78 Å². The molecule has 30 heavy (non-hydrogen) atoms. The molecule has 1 fully saturated rings. The number of halogens is 1. The van der Waals surface area contributed by atoms with E-state index in [2.05, 4.69) is 4.98 Å². The lowest BCUT2D eigenvalue weighted by Gasteiger charge is -2.43. The predicted octanol–water partition coefficient (Wildman–Crippen LogP) is 4.79. The van der Waals surface area contributed by atoms with E-state index >= 15 is 0 Å². The van der Waals surface area contributed by atoms with Crippen LogP contribution in [-0.4, -0.2) is 27.9 Å². The van der Waals surface area contributed by atoms with Gasteiger partial charge in [-0.15, -0.1) is 12.4 Å². The van der Waals surface area contributed by atoms with E-state index in [1.54, 1.807) is 36.7 Å². The zero-order valence-corrected chi connectivity index (χ0v) is 16.9. The van der Waals surface area contributed by atoms with Crippen molar-refractivity contribution < 1.29 is 14.3 Å². The summed E-state index contributed by atoms with van der Waals surface area (Å²) in [4.78, 5) is 30.7. The van der Waals surface area contributed by atoms with E-state index < -0.39 is 6.09 Å². The van der Waals surface area contributed by atoms with Crippen molar-refractivity contribution in [3.05, 3.63) is 102 Å². The van der Waals surface area contributed by atoms with E-state index in [1.165, 1.54) is 4.90 Å². The summed E-state index contributed by atoms with van der Waals surface area (Å²) in [7, 11) is 0. The number of imide groups is 1. The fourth-order valence-corrected chi connectivity index (χ4v) is 3.40. The van der Waals surface area contributed by atoms with Crippen molar-refractivity contribution >= 4 is 30.5 Å². The van der Waals surface area contributed by atoms with Gasteiger partial charge in [-0.25, -0.2) is 9.69 Å². The first-order valence-electron chi connectivity index (χ1n) is 9.44. The van der Waals surface area contributed by atoms with Crippen molar-refractivity contribution in [2.75, 3.05) is 0 Å². The van der Waals surface area contributed by atoms with Crippen molar-refractivity contribution in [1.29, 1.82) is 0 Å². The SMILES string of the molecule is Cl.O=C(Oc1ccccc1)N1C(=O)[C@@H](Cc2ccccc2)[C@H]1C=Cc1cccnc1. The first-order valence-corrected chi connectivity index (χ1v) is 9.44. The second kappa shape index (κ2) is 9.85. The van der Waals surface area contributed by atoms with E-state index in [1.807, 2.05) is 60.7 Å². The summed E-state index contributed by atoms with van der Waals surface area (Å²) in [6.45, 7) is 0. The minimum absolute atomic E-state index is 0. The number of β-lactam (4-membered cyclic amide) rings is 1. The summed E-state index contributed by atoms with van der Waals surface area (Å²) in [5.41, 5.74) is 1.96. The average Bonchev–Trinajstić information content (AvgIpc) is 2.76. The van der Waals surface area contributed by atoms with Gasteiger partial charge >= 0.3 is 6.09 Å². The minimum Gasteiger partial charge on any atom is -0.410 e. The van der Waals surface area contributed by atoms with Gasteiger partial charge in [-0.1, -0.05) is 66.7 Å². The molecule has 1 aromatic heterocycles. The van der Waals surface area contributed by atoms with Crippen LogP contribution in [-0.2, 0) is 11.2 Å². The molecule has 1 aliphatic heterocycles. The zero-order valence-electron chi connectivity index (χ0n) is 16.1. The molecule has 5 nitrogen and oxygen atoms in total. The number of amides is 2. The molecule has 2 aromatic carbocycles. The summed E-state index contributed by atoms with van der Waals surface area (Å²) < 4.78 is 5.39. The quantitative estimate of drug-likeness (QED) is 0.557. The minimum atomic E-state index is -0.661. The fourth-order valence-electron chi connectivity index (χ4n) is 3.40. The van der Waals surface area contributed by atoms with Gasteiger partial charge in [-0.2, -0.15) is 0 Å². The van der Waals surface area contributed by atoms with Gasteiger partial charge in [0.25, 0.3) is 0 Å². The molecule has 1 saturated heterocycles. The molecule has 2 amide bonds. The highest BCUT2D eigenvalue weighted by molar-refractivity contribution is 6.01. The molecule has 152 valence electrons. The molecule has 2 atom stereocenters. The molecule has 1 aliphatic rings. The van der Waals surface area contributed by atoms with Crippen LogP contribution in [0.3, 0.4) is 0 Å². The lowest BCUT2D eigenvalue weighted by molar-refractivity contribution is -0.148. The van der Waals surface area contributed by atoms with Crippen LogP contribution in [0.4, 0.5) is 4.79 Å². The number of para-hydroxylation sites is 1. The third kappa shape index (κ3) is 4.75. The van der Waals surface area contributed by atoms with E-state index in [9.17, 15) is 9.59 Å². The van der Waals surface area contributed by atoms with Crippen LogP contribution in [0.15, 0.2) is 91.3 Å². The molecule has 4 rings (SSSR count). The Hall–Kier alpha value is -3.44. The van der Waals surface area contributed by atoms with Crippen molar-refractivity contribution in [3.63, 3.8) is 0 Å². The van der Waals surface area contributed by atoms with Gasteiger partial charge in [-0.05, 0) is 35.7 Å². The Balaban J connectivity index is 0.00000256. The van der Waals surface area contributed by atoms with Crippen LogP contribution in [0, 0.1) is 5.92 Å². The number of hydrogen-bond donors (Lipinski definition) is 0. The lowest BCUT2D eigenvalue weighted by atomic mass is 9.82. The number of ether oxygens (including phenoxy) is 1. The van der Waals surface area contributed by atoms with Crippen molar-refractivity contribution in [2.24, 2.45) is 5.92 Å². The van der Waals surface area contributed by atoms with Crippen LogP contribution in [0.2, 0.25) is 0 Å². The molecule has 6 heteroatoms. The topological polar surface area (TPSA) is 59.5 Å². The summed E-state index contributed by atoms with van der Waals surface area (Å²) >= 11 is 0. The number of hydrogen-bond acceptors (Lipinski definition) is 4. The molecule has 0 spiro atoms. The Morgan fingerprint density at radius 2 is 1.70 bits per heavy atom. The molecule has 3 aromatic rings. The maximum absolute atomic E-state index is 12.8. The van der Waals surface area contributed by atoms with Crippen molar-refractivity contribution in [2.45, 2.75) is 12.5 Å². The highest BCUT2D eigenvalue weighted by atomic mass is 35.5. The number of rotatable bonds is 5. The molecule has 0 aliphatic carbocycles. The smallest absolute Gasteiger partial charge is 0.410 e. The summed E-state index contributed by atoms with van der Waals surface area (Å²) in [5.74, 6) is -0.129. The second-order valence-corrected chi connectivity index (χ2v) is 6.82.